The largest absolute Gasteiger partial charge is 0.290 e. The van der Waals surface area contributed by atoms with Crippen LogP contribution in [0.5, 0.6) is 0 Å². The van der Waals surface area contributed by atoms with Crippen molar-refractivity contribution < 1.29 is 13.2 Å². The topological polar surface area (TPSA) is 63.6 Å². The van der Waals surface area contributed by atoms with E-state index in [1.54, 1.807) is 18.2 Å². The second-order valence-electron chi connectivity index (χ2n) is 5.26. The first-order valence-electron chi connectivity index (χ1n) is 6.65. The van der Waals surface area contributed by atoms with Crippen LogP contribution in [0.2, 0.25) is 0 Å². The molecule has 2 rings (SSSR count). The van der Waals surface area contributed by atoms with Crippen LogP contribution in [0.3, 0.4) is 0 Å². The fourth-order valence-corrected chi connectivity index (χ4v) is 2.92. The highest BCUT2D eigenvalue weighted by Crippen LogP contribution is 2.18. The van der Waals surface area contributed by atoms with Crippen molar-refractivity contribution in [1.29, 1.82) is 0 Å². The average molecular weight is 303 g/mol. The van der Waals surface area contributed by atoms with Crippen molar-refractivity contribution in [3.05, 3.63) is 53.6 Å². The second kappa shape index (κ2) is 5.77. The molecule has 5 heteroatoms. The lowest BCUT2D eigenvalue weighted by molar-refractivity contribution is -0.111. The van der Waals surface area contributed by atoms with Gasteiger partial charge in [0.2, 0.25) is 0 Å². The predicted octanol–water partition coefficient (Wildman–Crippen LogP) is 2.85. The van der Waals surface area contributed by atoms with E-state index in [1.165, 1.54) is 24.3 Å². The predicted molar refractivity (Wildman–Crippen MR) is 82.9 cm³/mol. The molecular weight excluding hydrogens is 286 g/mol. The van der Waals surface area contributed by atoms with Crippen LogP contribution in [0.15, 0.2) is 57.4 Å². The van der Waals surface area contributed by atoms with Crippen molar-refractivity contribution in [2.24, 2.45) is 10.3 Å². The van der Waals surface area contributed by atoms with Crippen molar-refractivity contribution in [2.45, 2.75) is 25.7 Å². The number of allylic oxidation sites excluding steroid dienone is 4. The molecule has 0 aliphatic heterocycles. The van der Waals surface area contributed by atoms with Crippen LogP contribution in [0.4, 0.5) is 0 Å². The quantitative estimate of drug-likeness (QED) is 0.807. The lowest BCUT2D eigenvalue weighted by atomic mass is 9.94. The summed E-state index contributed by atoms with van der Waals surface area (Å²) in [6, 6.07) is 6.50. The molecule has 1 aliphatic rings. The lowest BCUT2D eigenvalue weighted by Crippen LogP contribution is -2.13. The molecule has 0 atom stereocenters. The number of carbonyl (C=O) groups is 1. The Bertz CT molecular complexity index is 751. The Balaban J connectivity index is 2.41. The maximum atomic E-state index is 12.2. The number of nitrogens with zero attached hydrogens (tertiary/aromatic N) is 1. The smallest absolute Gasteiger partial charge is 0.282 e. The first-order chi connectivity index (χ1) is 9.79. The first kappa shape index (κ1) is 15.4. The Morgan fingerprint density at radius 2 is 1.67 bits per heavy atom. The number of carbonyl (C=O) groups excluding carboxylic acids is 1. The van der Waals surface area contributed by atoms with Gasteiger partial charge < -0.3 is 0 Å². The number of hydrogen-bond acceptors (Lipinski definition) is 3. The minimum absolute atomic E-state index is 0.0229. The molecule has 0 amide bonds. The van der Waals surface area contributed by atoms with Gasteiger partial charge in [0.1, 0.15) is 0 Å². The molecule has 0 heterocycles. The summed E-state index contributed by atoms with van der Waals surface area (Å²) in [6.45, 7) is 5.65. The van der Waals surface area contributed by atoms with E-state index in [9.17, 15) is 13.2 Å². The van der Waals surface area contributed by atoms with Gasteiger partial charge in [-0.15, -0.1) is 0 Å². The summed E-state index contributed by atoms with van der Waals surface area (Å²) in [4.78, 5) is 11.8. The van der Waals surface area contributed by atoms with Crippen LogP contribution >= 0.6 is 0 Å². The van der Waals surface area contributed by atoms with Crippen LogP contribution in [0.25, 0.3) is 0 Å². The van der Waals surface area contributed by atoms with E-state index in [1.807, 2.05) is 20.8 Å². The van der Waals surface area contributed by atoms with E-state index < -0.39 is 10.0 Å². The number of aryl methyl sites for hydroxylation is 1. The lowest BCUT2D eigenvalue weighted by Gasteiger charge is -2.11. The Morgan fingerprint density at radius 3 is 2.24 bits per heavy atom. The minimum Gasteiger partial charge on any atom is -0.290 e. The molecule has 0 saturated heterocycles. The van der Waals surface area contributed by atoms with Gasteiger partial charge in [0, 0.05) is 5.57 Å². The zero-order valence-electron chi connectivity index (χ0n) is 12.2. The highest BCUT2D eigenvalue weighted by Gasteiger charge is 2.18. The number of benzene rings is 1. The van der Waals surface area contributed by atoms with E-state index in [2.05, 4.69) is 4.40 Å². The third kappa shape index (κ3) is 3.55. The molecule has 1 aromatic rings. The van der Waals surface area contributed by atoms with Crippen molar-refractivity contribution in [2.75, 3.05) is 0 Å². The van der Waals surface area contributed by atoms with Gasteiger partial charge in [0.05, 0.1) is 10.6 Å². The molecule has 0 radical (unpaired) electrons. The van der Waals surface area contributed by atoms with Crippen LogP contribution in [0, 0.1) is 12.8 Å². The van der Waals surface area contributed by atoms with E-state index in [0.717, 1.165) is 5.56 Å². The van der Waals surface area contributed by atoms with E-state index in [-0.39, 0.29) is 22.3 Å². The molecule has 1 aromatic carbocycles. The van der Waals surface area contributed by atoms with E-state index >= 15 is 0 Å². The van der Waals surface area contributed by atoms with Crippen LogP contribution in [-0.4, -0.2) is 19.9 Å². The molecule has 0 aromatic heterocycles. The van der Waals surface area contributed by atoms with Gasteiger partial charge >= 0.3 is 0 Å². The standard InChI is InChI=1S/C16H17NO3S/c1-11(2)15-10-13(6-9-16(15)18)17-21(19,20)14-7-4-12(3)5-8-14/h4-11H,1-3H3/b17-13-. The summed E-state index contributed by atoms with van der Waals surface area (Å²) in [7, 11) is -3.76. The minimum atomic E-state index is -3.76. The second-order valence-corrected chi connectivity index (χ2v) is 6.86. The highest BCUT2D eigenvalue weighted by atomic mass is 32.2. The van der Waals surface area contributed by atoms with Crippen LogP contribution in [-0.2, 0) is 14.8 Å². The molecular formula is C16H17NO3S. The van der Waals surface area contributed by atoms with Crippen molar-refractivity contribution in [1.82, 2.24) is 0 Å². The zero-order chi connectivity index (χ0) is 15.6. The summed E-state index contributed by atoms with van der Waals surface area (Å²) in [5.41, 5.74) is 1.82. The Kier molecular flexibility index (Phi) is 4.23. The summed E-state index contributed by atoms with van der Waals surface area (Å²) in [5.74, 6) is -0.0774. The summed E-state index contributed by atoms with van der Waals surface area (Å²) in [6.07, 6.45) is 4.33. The zero-order valence-corrected chi connectivity index (χ0v) is 13.0. The summed E-state index contributed by atoms with van der Waals surface area (Å²) in [5, 5.41) is 0. The third-order valence-corrected chi connectivity index (χ3v) is 4.48. The molecule has 0 spiro atoms. The fourth-order valence-electron chi connectivity index (χ4n) is 1.95. The molecule has 21 heavy (non-hydrogen) atoms. The number of rotatable bonds is 3. The van der Waals surface area contributed by atoms with Gasteiger partial charge in [-0.3, -0.25) is 4.79 Å². The number of sulfonamides is 1. The van der Waals surface area contributed by atoms with Gasteiger partial charge in [-0.1, -0.05) is 31.5 Å². The van der Waals surface area contributed by atoms with Gasteiger partial charge in [-0.2, -0.15) is 12.8 Å². The molecule has 0 N–H and O–H groups in total. The molecule has 0 unspecified atom stereocenters. The Labute approximate surface area is 125 Å². The summed E-state index contributed by atoms with van der Waals surface area (Å²) < 4.78 is 28.3. The normalized spacial score (nSPS) is 17.4. The maximum absolute atomic E-state index is 12.2. The third-order valence-electron chi connectivity index (χ3n) is 3.16. The molecule has 110 valence electrons. The van der Waals surface area contributed by atoms with Gasteiger partial charge in [0.15, 0.2) is 5.78 Å². The van der Waals surface area contributed by atoms with E-state index in [0.29, 0.717) is 5.57 Å². The monoisotopic (exact) mass is 303 g/mol. The molecule has 0 fully saturated rings. The van der Waals surface area contributed by atoms with Gasteiger partial charge in [0.25, 0.3) is 10.0 Å². The van der Waals surface area contributed by atoms with Crippen LogP contribution < -0.4 is 0 Å². The first-order valence-corrected chi connectivity index (χ1v) is 8.09. The van der Waals surface area contributed by atoms with Crippen molar-refractivity contribution in [3.63, 3.8) is 0 Å². The molecule has 4 nitrogen and oxygen atoms in total. The Morgan fingerprint density at radius 1 is 1.05 bits per heavy atom. The Hall–Kier alpha value is -2.01. The van der Waals surface area contributed by atoms with E-state index in [4.69, 9.17) is 0 Å². The highest BCUT2D eigenvalue weighted by molar-refractivity contribution is 7.90. The van der Waals surface area contributed by atoms with Gasteiger partial charge in [-0.25, -0.2) is 0 Å². The SMILES string of the molecule is Cc1ccc(S(=O)(=O)/N=C2/C=CC(=O)C(C(C)C)=C2)cc1. The molecule has 0 bridgehead atoms. The van der Waals surface area contributed by atoms with Crippen LogP contribution in [0.1, 0.15) is 19.4 Å². The summed E-state index contributed by atoms with van der Waals surface area (Å²) >= 11 is 0. The molecule has 1 aliphatic carbocycles. The van der Waals surface area contributed by atoms with Crippen molar-refractivity contribution >= 4 is 21.5 Å². The van der Waals surface area contributed by atoms with Crippen molar-refractivity contribution in [3.8, 4) is 0 Å². The average Bonchev–Trinajstić information content (AvgIpc) is 2.41. The number of ketones is 1. The fraction of sp³-hybridized carbons (Fsp3) is 0.250. The maximum Gasteiger partial charge on any atom is 0.282 e. The molecule has 0 saturated carbocycles. The number of hydrogen-bond donors (Lipinski definition) is 0. The van der Waals surface area contributed by atoms with Gasteiger partial charge in [-0.05, 0) is 43.2 Å².